The second-order valence-corrected chi connectivity index (χ2v) is 25.2. The van der Waals surface area contributed by atoms with Crippen molar-refractivity contribution in [2.75, 3.05) is 14.2 Å². The van der Waals surface area contributed by atoms with Gasteiger partial charge >= 0.3 is 5.97 Å². The number of hydrogen-bond acceptors (Lipinski definition) is 7. The molecule has 1 aromatic carbocycles. The van der Waals surface area contributed by atoms with Crippen molar-refractivity contribution in [3.05, 3.63) is 143 Å². The van der Waals surface area contributed by atoms with Gasteiger partial charge in [-0.2, -0.15) is 0 Å². The zero-order chi connectivity index (χ0) is 44.9. The maximum Gasteiger partial charge on any atom is 0.373 e. The van der Waals surface area contributed by atoms with Gasteiger partial charge in [-0.3, -0.25) is 14.5 Å². The fourth-order valence-electron chi connectivity index (χ4n) is 7.23. The third-order valence-electron chi connectivity index (χ3n) is 11.7. The molecule has 1 aliphatic rings. The number of nitrogens with zero attached hydrogens (tertiary/aromatic N) is 1. The fourth-order valence-corrected chi connectivity index (χ4v) is 13.1. The van der Waals surface area contributed by atoms with Gasteiger partial charge in [-0.05, 0) is 101 Å². The number of carbonyl (C=O) groups excluding carboxylic acids is 3. The Bertz CT molecular complexity index is 1820. The number of methoxy groups -OCH3 is 2. The largest absolute Gasteiger partial charge is 0.490 e. The third kappa shape index (κ3) is 14.7. The highest BCUT2D eigenvalue weighted by atomic mass is 28.4. The smallest absolute Gasteiger partial charge is 0.373 e. The Morgan fingerprint density at radius 2 is 1.27 bits per heavy atom. The number of allylic oxidation sites excluding steroid dienone is 14. The number of esters is 1. The number of amides is 2. The fraction of sp³-hybridized carbons (Fsp3) is 0.460. The summed E-state index contributed by atoms with van der Waals surface area (Å²) in [7, 11) is -1.39. The number of fused-ring (bicyclic) bond motifs is 1. The van der Waals surface area contributed by atoms with Crippen molar-refractivity contribution >= 4 is 34.4 Å². The molecule has 2 amide bonds. The zero-order valence-corrected chi connectivity index (χ0v) is 40.8. The van der Waals surface area contributed by atoms with Crippen molar-refractivity contribution in [1.82, 2.24) is 4.90 Å². The van der Waals surface area contributed by atoms with Gasteiger partial charge in [-0.1, -0.05) is 144 Å². The molecular formula is C50H73NO7Si2. The quantitative estimate of drug-likeness (QED) is 0.0241. The molecule has 0 fully saturated rings. The molecule has 328 valence electrons. The van der Waals surface area contributed by atoms with E-state index in [1.165, 1.54) is 19.1 Å². The van der Waals surface area contributed by atoms with Crippen LogP contribution in [0.1, 0.15) is 103 Å². The number of hydrogen-bond donors (Lipinski definition) is 0. The second-order valence-electron chi connectivity index (χ2n) is 15.7. The standard InChI is InChI=1S/C50H73NO7Si2/c1-14-59(15-2,16-3)57-46(50(11,58-60(17-4,18-5)19-6)37-26-20-21-29-41(9)38-45(55-12)49(54)56-13)34-25-22-28-39(7)30-27-31-40(8)35-36-42(10)51-47(52)43-32-23-24-33-44(43)48(51)53/h20-35,37-38,42,46H,14-19,36H2,1-13H3/b21-20+,28-22+,31-27+,34-25-,37-26+,39-30+,40-35+,41-29+,45-38-/t42-,46-,50+/m0/s1. The van der Waals surface area contributed by atoms with E-state index >= 15 is 0 Å². The van der Waals surface area contributed by atoms with Crippen LogP contribution in [0.3, 0.4) is 0 Å². The number of benzene rings is 1. The SMILES string of the molecule is CC[Si](CC)(CC)O[C@@H](\C=C/C=C/C(C)=C/C=C/C(C)=C/C[C@H](C)N1C(=O)c2ccccc2C1=O)[C@@](C)(/C=C/C=C/C=C(C)/C=C(\OC)C(=O)OC)O[Si](CC)(CC)CC. The first-order valence-corrected chi connectivity index (χ1v) is 26.7. The van der Waals surface area contributed by atoms with Crippen LogP contribution in [-0.2, 0) is 23.1 Å². The summed E-state index contributed by atoms with van der Waals surface area (Å²) in [6.45, 7) is 23.6. The van der Waals surface area contributed by atoms with E-state index < -0.39 is 28.2 Å². The Kier molecular flexibility index (Phi) is 21.9. The Morgan fingerprint density at radius 3 is 1.80 bits per heavy atom. The summed E-state index contributed by atoms with van der Waals surface area (Å²) >= 11 is 0. The predicted octanol–water partition coefficient (Wildman–Crippen LogP) is 12.6. The summed E-state index contributed by atoms with van der Waals surface area (Å²) in [5.41, 5.74) is 3.21. The molecule has 60 heavy (non-hydrogen) atoms. The van der Waals surface area contributed by atoms with Crippen LogP contribution in [0.4, 0.5) is 0 Å². The summed E-state index contributed by atoms with van der Waals surface area (Å²) < 4.78 is 24.7. The molecule has 0 bridgehead atoms. The van der Waals surface area contributed by atoms with Crippen molar-refractivity contribution in [2.45, 2.75) is 137 Å². The number of rotatable bonds is 25. The number of carbonyl (C=O) groups is 3. The Labute approximate surface area is 364 Å². The van der Waals surface area contributed by atoms with Crippen LogP contribution >= 0.6 is 0 Å². The molecule has 0 N–H and O–H groups in total. The van der Waals surface area contributed by atoms with E-state index in [0.717, 1.165) is 53.0 Å². The lowest BCUT2D eigenvalue weighted by Crippen LogP contribution is -2.54. The van der Waals surface area contributed by atoms with Gasteiger partial charge in [-0.15, -0.1) is 0 Å². The molecule has 3 atom stereocenters. The van der Waals surface area contributed by atoms with Gasteiger partial charge in [0.2, 0.25) is 5.76 Å². The minimum absolute atomic E-state index is 0.142. The molecule has 0 saturated carbocycles. The van der Waals surface area contributed by atoms with E-state index in [4.69, 9.17) is 18.3 Å². The van der Waals surface area contributed by atoms with Gasteiger partial charge in [0, 0.05) is 6.04 Å². The van der Waals surface area contributed by atoms with E-state index in [1.807, 2.05) is 57.2 Å². The first-order chi connectivity index (χ1) is 28.6. The molecule has 2 rings (SSSR count). The molecule has 8 nitrogen and oxygen atoms in total. The van der Waals surface area contributed by atoms with E-state index in [0.29, 0.717) is 17.5 Å². The van der Waals surface area contributed by atoms with Crippen LogP contribution in [0.25, 0.3) is 0 Å². The van der Waals surface area contributed by atoms with Crippen LogP contribution in [0.15, 0.2) is 132 Å². The lowest BCUT2D eigenvalue weighted by atomic mass is 9.98. The van der Waals surface area contributed by atoms with E-state index in [9.17, 15) is 14.4 Å². The molecule has 0 aliphatic carbocycles. The maximum atomic E-state index is 12.9. The highest BCUT2D eigenvalue weighted by Gasteiger charge is 2.44. The summed E-state index contributed by atoms with van der Waals surface area (Å²) in [5, 5.41) is 0. The van der Waals surface area contributed by atoms with Crippen LogP contribution < -0.4 is 0 Å². The lowest BCUT2D eigenvalue weighted by molar-refractivity contribution is -0.139. The second kappa shape index (κ2) is 25.4. The average molecular weight is 856 g/mol. The predicted molar refractivity (Wildman–Crippen MR) is 254 cm³/mol. The molecule has 1 heterocycles. The van der Waals surface area contributed by atoms with Crippen LogP contribution in [0.5, 0.6) is 0 Å². The van der Waals surface area contributed by atoms with Gasteiger partial charge in [0.05, 0.1) is 31.5 Å². The minimum Gasteiger partial charge on any atom is -0.490 e. The summed E-state index contributed by atoms with van der Waals surface area (Å²) in [6.07, 6.45) is 28.6. The monoisotopic (exact) mass is 855 g/mol. The summed E-state index contributed by atoms with van der Waals surface area (Å²) in [6, 6.07) is 12.9. The van der Waals surface area contributed by atoms with Gasteiger partial charge in [0.15, 0.2) is 16.6 Å². The van der Waals surface area contributed by atoms with Crippen LogP contribution in [-0.4, -0.2) is 71.3 Å². The van der Waals surface area contributed by atoms with Crippen molar-refractivity contribution < 1.29 is 32.7 Å². The minimum atomic E-state index is -2.10. The summed E-state index contributed by atoms with van der Waals surface area (Å²) in [5.74, 6) is -0.829. The molecule has 0 unspecified atom stereocenters. The first-order valence-electron chi connectivity index (χ1n) is 21.7. The maximum absolute atomic E-state index is 12.9. The molecule has 0 saturated heterocycles. The Balaban J connectivity index is 2.37. The Hall–Kier alpha value is -4.36. The molecule has 1 aromatic rings. The molecule has 0 spiro atoms. The number of imide groups is 1. The highest BCUT2D eigenvalue weighted by Crippen LogP contribution is 2.36. The molecule has 0 aromatic heterocycles. The van der Waals surface area contributed by atoms with Crippen molar-refractivity contribution in [1.29, 1.82) is 0 Å². The molecule has 1 aliphatic heterocycles. The average Bonchev–Trinajstić information content (AvgIpc) is 3.51. The first kappa shape index (κ1) is 51.8. The normalized spacial score (nSPS) is 17.2. The van der Waals surface area contributed by atoms with E-state index in [1.54, 1.807) is 30.3 Å². The van der Waals surface area contributed by atoms with Crippen molar-refractivity contribution in [3.8, 4) is 0 Å². The van der Waals surface area contributed by atoms with Crippen molar-refractivity contribution in [3.63, 3.8) is 0 Å². The topological polar surface area (TPSA) is 91.4 Å². The van der Waals surface area contributed by atoms with Gasteiger partial charge < -0.3 is 18.3 Å². The van der Waals surface area contributed by atoms with Gasteiger partial charge in [0.1, 0.15) is 5.60 Å². The highest BCUT2D eigenvalue weighted by molar-refractivity contribution is 6.74. The third-order valence-corrected chi connectivity index (χ3v) is 21.1. The number of ether oxygens (including phenoxy) is 2. The molecule has 10 heteroatoms. The van der Waals surface area contributed by atoms with Gasteiger partial charge in [-0.25, -0.2) is 4.79 Å². The zero-order valence-electron chi connectivity index (χ0n) is 38.8. The van der Waals surface area contributed by atoms with Gasteiger partial charge in [0.25, 0.3) is 11.8 Å². The lowest BCUT2D eigenvalue weighted by Gasteiger charge is -2.45. The molecular weight excluding hydrogens is 783 g/mol. The van der Waals surface area contributed by atoms with E-state index in [2.05, 4.69) is 97.9 Å². The van der Waals surface area contributed by atoms with Crippen LogP contribution in [0, 0.1) is 0 Å². The molecule has 0 radical (unpaired) electrons. The van der Waals surface area contributed by atoms with Crippen LogP contribution in [0.2, 0.25) is 36.3 Å². The Morgan fingerprint density at radius 1 is 0.717 bits per heavy atom. The van der Waals surface area contributed by atoms with Crippen molar-refractivity contribution in [2.24, 2.45) is 0 Å². The summed E-state index contributed by atoms with van der Waals surface area (Å²) in [4.78, 5) is 39.1. The van der Waals surface area contributed by atoms with E-state index in [-0.39, 0.29) is 29.7 Å².